The van der Waals surface area contributed by atoms with E-state index < -0.39 is 10.8 Å². The summed E-state index contributed by atoms with van der Waals surface area (Å²) < 4.78 is 2.45. The van der Waals surface area contributed by atoms with Crippen LogP contribution in [-0.2, 0) is 16.2 Å². The maximum Gasteiger partial charge on any atom is 0.0722 e. The predicted molar refractivity (Wildman–Crippen MR) is 353 cm³/mol. The number of allylic oxidation sites excluding steroid dienone is 4. The Kier molecular flexibility index (Phi) is 10.1. The second-order valence-corrected chi connectivity index (χ2v) is 24.5. The average molecular weight is 1080 g/mol. The molecule has 13 aromatic rings. The summed E-state index contributed by atoms with van der Waals surface area (Å²) in [6.45, 7) is 4.78. The zero-order valence-corrected chi connectivity index (χ0v) is 47.5. The first-order valence-electron chi connectivity index (χ1n) is 30.2. The van der Waals surface area contributed by atoms with Crippen LogP contribution < -0.4 is 4.90 Å². The number of fused-ring (bicyclic) bond motifs is 18. The monoisotopic (exact) mass is 1080 g/mol. The van der Waals surface area contributed by atoms with Gasteiger partial charge in [0.25, 0.3) is 0 Å². The van der Waals surface area contributed by atoms with E-state index in [0.717, 1.165) is 35.6 Å². The molecule has 400 valence electrons. The summed E-state index contributed by atoms with van der Waals surface area (Å²) in [7, 11) is 0. The Hall–Kier alpha value is -10.3. The fourth-order valence-electron chi connectivity index (χ4n) is 16.6. The fourth-order valence-corrected chi connectivity index (χ4v) is 16.6. The molecule has 0 amide bonds. The van der Waals surface area contributed by atoms with Crippen LogP contribution in [0.25, 0.3) is 77.6 Å². The van der Waals surface area contributed by atoms with Crippen molar-refractivity contribution in [3.63, 3.8) is 0 Å². The van der Waals surface area contributed by atoms with Crippen LogP contribution in [0.2, 0.25) is 0 Å². The van der Waals surface area contributed by atoms with E-state index in [0.29, 0.717) is 0 Å². The van der Waals surface area contributed by atoms with Gasteiger partial charge in [-0.25, -0.2) is 0 Å². The number of nitrogens with zero attached hydrogens (tertiary/aromatic N) is 2. The molecular formula is C83H58N2. The Morgan fingerprint density at radius 3 is 1.44 bits per heavy atom. The van der Waals surface area contributed by atoms with Gasteiger partial charge in [0.2, 0.25) is 0 Å². The molecule has 0 atom stereocenters. The summed E-state index contributed by atoms with van der Waals surface area (Å²) in [6.07, 6.45) is 6.94. The molecule has 0 fully saturated rings. The lowest BCUT2D eigenvalue weighted by atomic mass is 9.67. The highest BCUT2D eigenvalue weighted by Crippen LogP contribution is 2.64. The largest absolute Gasteiger partial charge is 0.310 e. The van der Waals surface area contributed by atoms with Gasteiger partial charge in [0.1, 0.15) is 0 Å². The number of aromatic nitrogens is 1. The van der Waals surface area contributed by atoms with Gasteiger partial charge >= 0.3 is 0 Å². The number of para-hydroxylation sites is 1. The molecule has 2 nitrogen and oxygen atoms in total. The standard InChI is InChI=1S/C83H58N2/c1-81(2)71-31-15-9-25-61(71)67-45-43-59(51-77(67)81)84(60-44-46-68-66-30-14-20-36-76(66)83(78(68)52-60)74-34-18-12-28-64(74)65-29-13-19-35-75(65)83)58-41-37-53(38-42-58)54-39-47-79-69(49-54)70-50-56(40-48-80(70)85(79)57-23-7-4-8-24-57)82(55-21-5-3-6-22-55)72-32-16-10-26-62(72)63-27-11-17-33-73(63)82/h3-13,15-29,31-52H,14,30H2,1-2H3. The molecule has 1 aromatic heterocycles. The van der Waals surface area contributed by atoms with Crippen molar-refractivity contribution in [2.75, 3.05) is 4.90 Å². The molecule has 0 bridgehead atoms. The van der Waals surface area contributed by atoms with E-state index in [9.17, 15) is 0 Å². The summed E-state index contributed by atoms with van der Waals surface area (Å²) in [5, 5.41) is 2.45. The third-order valence-corrected chi connectivity index (χ3v) is 20.2. The van der Waals surface area contributed by atoms with Crippen LogP contribution in [0, 0.1) is 0 Å². The van der Waals surface area contributed by atoms with Gasteiger partial charge in [-0.05, 0) is 197 Å². The van der Waals surface area contributed by atoms with E-state index in [1.54, 1.807) is 0 Å². The van der Waals surface area contributed by atoms with Crippen LogP contribution in [0.1, 0.15) is 82.3 Å². The van der Waals surface area contributed by atoms with Gasteiger partial charge in [0.15, 0.2) is 0 Å². The van der Waals surface area contributed by atoms with Gasteiger partial charge in [-0.3, -0.25) is 0 Å². The van der Waals surface area contributed by atoms with Crippen LogP contribution in [-0.4, -0.2) is 4.57 Å². The molecule has 18 rings (SSSR count). The topological polar surface area (TPSA) is 8.17 Å². The van der Waals surface area contributed by atoms with E-state index >= 15 is 0 Å². The van der Waals surface area contributed by atoms with Crippen molar-refractivity contribution in [2.45, 2.75) is 42.9 Å². The average Bonchev–Trinajstić information content (AvgIpc) is 1.64. The lowest BCUT2D eigenvalue weighted by molar-refractivity contribution is 0.660. The molecule has 2 heteroatoms. The Bertz CT molecular complexity index is 4940. The lowest BCUT2D eigenvalue weighted by Gasteiger charge is -2.34. The van der Waals surface area contributed by atoms with E-state index in [1.165, 1.54) is 133 Å². The van der Waals surface area contributed by atoms with E-state index in [2.05, 4.69) is 315 Å². The Morgan fingerprint density at radius 1 is 0.341 bits per heavy atom. The van der Waals surface area contributed by atoms with Crippen molar-refractivity contribution in [2.24, 2.45) is 0 Å². The maximum absolute atomic E-state index is 2.55. The molecule has 0 N–H and O–H groups in total. The molecule has 0 aliphatic heterocycles. The molecule has 1 spiro atoms. The van der Waals surface area contributed by atoms with E-state index in [-0.39, 0.29) is 5.41 Å². The highest BCUT2D eigenvalue weighted by Gasteiger charge is 2.53. The highest BCUT2D eigenvalue weighted by molar-refractivity contribution is 6.11. The predicted octanol–water partition coefficient (Wildman–Crippen LogP) is 21.0. The van der Waals surface area contributed by atoms with E-state index in [4.69, 9.17) is 0 Å². The quantitative estimate of drug-likeness (QED) is 0.154. The van der Waals surface area contributed by atoms with Gasteiger partial charge in [0, 0.05) is 38.9 Å². The van der Waals surface area contributed by atoms with Gasteiger partial charge in [-0.2, -0.15) is 0 Å². The van der Waals surface area contributed by atoms with Crippen molar-refractivity contribution in [3.05, 3.63) is 352 Å². The SMILES string of the molecule is CC1(C)c2ccccc2-c2ccc(N(c3ccc(-c4ccc5c(c4)c4cc(C6(c7ccccc7)c7ccccc7-c7ccccc76)ccc4n5-c4ccccc4)cc3)c3ccc4c(c3)C3(C5=C4CCC=C5)c4ccccc4-c4ccccc43)cc21. The smallest absolute Gasteiger partial charge is 0.0722 e. The van der Waals surface area contributed by atoms with Crippen molar-refractivity contribution < 1.29 is 0 Å². The highest BCUT2D eigenvalue weighted by atomic mass is 15.1. The van der Waals surface area contributed by atoms with Crippen LogP contribution >= 0.6 is 0 Å². The zero-order chi connectivity index (χ0) is 56.2. The number of rotatable bonds is 7. The fraction of sp³-hybridized carbons (Fsp3) is 0.0843. The first kappa shape index (κ1) is 48.3. The van der Waals surface area contributed by atoms with Gasteiger partial charge in [-0.1, -0.05) is 232 Å². The summed E-state index contributed by atoms with van der Waals surface area (Å²) in [6, 6.07) is 106. The number of anilines is 3. The second-order valence-electron chi connectivity index (χ2n) is 24.5. The maximum atomic E-state index is 2.55. The normalized spacial score (nSPS) is 15.5. The Morgan fingerprint density at radius 2 is 0.812 bits per heavy atom. The molecule has 0 saturated carbocycles. The summed E-state index contributed by atoms with van der Waals surface area (Å²) in [5.74, 6) is 0. The van der Waals surface area contributed by atoms with E-state index in [1.807, 2.05) is 0 Å². The number of benzene rings is 12. The molecule has 12 aromatic carbocycles. The molecule has 0 radical (unpaired) electrons. The van der Waals surface area contributed by atoms with Gasteiger partial charge in [-0.15, -0.1) is 0 Å². The van der Waals surface area contributed by atoms with Crippen LogP contribution in [0.4, 0.5) is 17.1 Å². The minimum atomic E-state index is -0.514. The first-order valence-corrected chi connectivity index (χ1v) is 30.2. The molecule has 85 heavy (non-hydrogen) atoms. The summed E-state index contributed by atoms with van der Waals surface area (Å²) in [4.78, 5) is 2.52. The van der Waals surface area contributed by atoms with Gasteiger partial charge < -0.3 is 9.47 Å². The Labute approximate surface area is 496 Å². The zero-order valence-electron chi connectivity index (χ0n) is 47.5. The summed E-state index contributed by atoms with van der Waals surface area (Å²) in [5.41, 5.74) is 32.4. The van der Waals surface area contributed by atoms with Gasteiger partial charge in [0.05, 0.1) is 21.9 Å². The molecule has 1 heterocycles. The van der Waals surface area contributed by atoms with Crippen molar-refractivity contribution in [1.29, 1.82) is 0 Å². The first-order chi connectivity index (χ1) is 41.9. The van der Waals surface area contributed by atoms with Crippen LogP contribution in [0.3, 0.4) is 0 Å². The van der Waals surface area contributed by atoms with Crippen LogP contribution in [0.15, 0.2) is 297 Å². The second kappa shape index (κ2) is 17.9. The van der Waals surface area contributed by atoms with Crippen molar-refractivity contribution in [3.8, 4) is 50.2 Å². The molecule has 0 saturated heterocycles. The minimum Gasteiger partial charge on any atom is -0.310 e. The molecule has 0 unspecified atom stereocenters. The summed E-state index contributed by atoms with van der Waals surface area (Å²) >= 11 is 0. The van der Waals surface area contributed by atoms with Crippen molar-refractivity contribution in [1.82, 2.24) is 4.57 Å². The van der Waals surface area contributed by atoms with Crippen molar-refractivity contribution >= 4 is 44.4 Å². The lowest BCUT2D eigenvalue weighted by Crippen LogP contribution is -2.28. The molecule has 5 aliphatic carbocycles. The third kappa shape index (κ3) is 6.49. The minimum absolute atomic E-state index is 0.163. The Balaban J connectivity index is 0.816. The number of hydrogen-bond donors (Lipinski definition) is 0. The molecular weight excluding hydrogens is 1020 g/mol. The molecule has 5 aliphatic rings. The number of hydrogen-bond acceptors (Lipinski definition) is 1. The third-order valence-electron chi connectivity index (χ3n) is 20.2. The van der Waals surface area contributed by atoms with Crippen LogP contribution in [0.5, 0.6) is 0 Å².